The summed E-state index contributed by atoms with van der Waals surface area (Å²) in [6.07, 6.45) is 2.03. The largest absolute Gasteiger partial charge is 0.373 e. The highest BCUT2D eigenvalue weighted by molar-refractivity contribution is 4.94. The van der Waals surface area contributed by atoms with E-state index >= 15 is 0 Å². The summed E-state index contributed by atoms with van der Waals surface area (Å²) in [6, 6.07) is 0. The molecular formula is C7H12O2. The van der Waals surface area contributed by atoms with Crippen LogP contribution < -0.4 is 0 Å². The van der Waals surface area contributed by atoms with Gasteiger partial charge in [0.2, 0.25) is 0 Å². The quantitative estimate of drug-likeness (QED) is 0.453. The van der Waals surface area contributed by atoms with Gasteiger partial charge in [-0.05, 0) is 13.8 Å². The number of epoxide rings is 1. The van der Waals surface area contributed by atoms with E-state index < -0.39 is 0 Å². The molecule has 2 rings (SSSR count). The topological polar surface area (TPSA) is 21.8 Å². The molecule has 2 heterocycles. The zero-order valence-electron chi connectivity index (χ0n) is 5.89. The zero-order valence-corrected chi connectivity index (χ0v) is 5.89. The smallest absolute Gasteiger partial charge is 0.108 e. The van der Waals surface area contributed by atoms with Crippen LogP contribution in [0.3, 0.4) is 0 Å². The molecule has 0 radical (unpaired) electrons. The molecule has 2 unspecified atom stereocenters. The molecular weight excluding hydrogens is 116 g/mol. The number of ether oxygens (including phenoxy) is 2. The van der Waals surface area contributed by atoms with Crippen LogP contribution >= 0.6 is 0 Å². The monoisotopic (exact) mass is 128 g/mol. The number of fused-ring (bicyclic) bond motifs is 1. The molecule has 0 aromatic carbocycles. The van der Waals surface area contributed by atoms with Gasteiger partial charge in [0.1, 0.15) is 6.10 Å². The van der Waals surface area contributed by atoms with Crippen LogP contribution in [0.15, 0.2) is 0 Å². The molecule has 0 N–H and O–H groups in total. The van der Waals surface area contributed by atoms with Crippen LogP contribution in [0, 0.1) is 0 Å². The van der Waals surface area contributed by atoms with Crippen molar-refractivity contribution in [3.63, 3.8) is 0 Å². The Morgan fingerprint density at radius 3 is 2.67 bits per heavy atom. The summed E-state index contributed by atoms with van der Waals surface area (Å²) in [6.45, 7) is 5.04. The minimum Gasteiger partial charge on any atom is -0.373 e. The van der Waals surface area contributed by atoms with Gasteiger partial charge in [0, 0.05) is 6.42 Å². The first-order chi connectivity index (χ1) is 4.17. The lowest BCUT2D eigenvalue weighted by Crippen LogP contribution is -2.33. The second kappa shape index (κ2) is 1.50. The number of hydrogen-bond acceptors (Lipinski definition) is 2. The molecule has 0 saturated carbocycles. The van der Waals surface area contributed by atoms with Crippen molar-refractivity contribution in [3.05, 3.63) is 0 Å². The van der Waals surface area contributed by atoms with Gasteiger partial charge in [-0.15, -0.1) is 0 Å². The van der Waals surface area contributed by atoms with Gasteiger partial charge in [0.15, 0.2) is 0 Å². The Labute approximate surface area is 55.1 Å². The summed E-state index contributed by atoms with van der Waals surface area (Å²) in [5.74, 6) is 0. The van der Waals surface area contributed by atoms with Gasteiger partial charge in [0.25, 0.3) is 0 Å². The highest BCUT2D eigenvalue weighted by Gasteiger charge is 2.47. The van der Waals surface area contributed by atoms with Crippen molar-refractivity contribution in [1.29, 1.82) is 0 Å². The Kier molecular flexibility index (Phi) is 0.945. The predicted octanol–water partition coefficient (Wildman–Crippen LogP) is 0.953. The van der Waals surface area contributed by atoms with Crippen molar-refractivity contribution in [2.24, 2.45) is 0 Å². The average molecular weight is 128 g/mol. The van der Waals surface area contributed by atoms with E-state index in [4.69, 9.17) is 9.47 Å². The molecule has 52 valence electrons. The highest BCUT2D eigenvalue weighted by Crippen LogP contribution is 2.37. The van der Waals surface area contributed by atoms with Crippen LogP contribution in [0.2, 0.25) is 0 Å². The van der Waals surface area contributed by atoms with Crippen molar-refractivity contribution in [2.75, 3.05) is 6.61 Å². The molecule has 2 aliphatic rings. The SMILES string of the molecule is CC1(C)CC2OC2CO1. The van der Waals surface area contributed by atoms with Gasteiger partial charge in [0.05, 0.1) is 18.3 Å². The first-order valence-corrected chi connectivity index (χ1v) is 3.47. The number of rotatable bonds is 0. The summed E-state index contributed by atoms with van der Waals surface area (Å²) in [5.41, 5.74) is 0.0671. The third-order valence-electron chi connectivity index (χ3n) is 2.02. The normalized spacial score (nSPS) is 46.0. The molecule has 0 bridgehead atoms. The molecule has 9 heavy (non-hydrogen) atoms. The predicted molar refractivity (Wildman–Crippen MR) is 33.3 cm³/mol. The Morgan fingerprint density at radius 1 is 1.33 bits per heavy atom. The van der Waals surface area contributed by atoms with Crippen LogP contribution in [0.5, 0.6) is 0 Å². The van der Waals surface area contributed by atoms with Crippen LogP contribution in [0.1, 0.15) is 20.3 Å². The minimum absolute atomic E-state index is 0.0671. The molecule has 2 aliphatic heterocycles. The highest BCUT2D eigenvalue weighted by atomic mass is 16.6. The van der Waals surface area contributed by atoms with Gasteiger partial charge < -0.3 is 9.47 Å². The zero-order chi connectivity index (χ0) is 6.48. The van der Waals surface area contributed by atoms with Gasteiger partial charge in [-0.25, -0.2) is 0 Å². The van der Waals surface area contributed by atoms with E-state index in [9.17, 15) is 0 Å². The van der Waals surface area contributed by atoms with E-state index in [1.165, 1.54) is 0 Å². The second-order valence-electron chi connectivity index (χ2n) is 3.49. The van der Waals surface area contributed by atoms with Crippen LogP contribution in [0.4, 0.5) is 0 Å². The Balaban J connectivity index is 2.01. The van der Waals surface area contributed by atoms with E-state index in [1.54, 1.807) is 0 Å². The lowest BCUT2D eigenvalue weighted by molar-refractivity contribution is -0.0386. The number of hydrogen-bond donors (Lipinski definition) is 0. The fraction of sp³-hybridized carbons (Fsp3) is 1.00. The molecule has 2 heteroatoms. The van der Waals surface area contributed by atoms with Gasteiger partial charge in [-0.3, -0.25) is 0 Å². The molecule has 0 aromatic heterocycles. The molecule has 0 aromatic rings. The Bertz CT molecular complexity index is 131. The fourth-order valence-electron chi connectivity index (χ4n) is 1.36. The molecule has 2 fully saturated rings. The molecule has 0 spiro atoms. The van der Waals surface area contributed by atoms with Crippen molar-refractivity contribution in [3.8, 4) is 0 Å². The van der Waals surface area contributed by atoms with Crippen LogP contribution in [0.25, 0.3) is 0 Å². The van der Waals surface area contributed by atoms with E-state index in [1.807, 2.05) is 0 Å². The van der Waals surface area contributed by atoms with Gasteiger partial charge in [-0.1, -0.05) is 0 Å². The first-order valence-electron chi connectivity index (χ1n) is 3.47. The summed E-state index contributed by atoms with van der Waals surface area (Å²) in [7, 11) is 0. The Morgan fingerprint density at radius 2 is 2.11 bits per heavy atom. The Hall–Kier alpha value is -0.0800. The average Bonchev–Trinajstić information content (AvgIpc) is 2.41. The van der Waals surface area contributed by atoms with Crippen molar-refractivity contribution >= 4 is 0 Å². The third kappa shape index (κ3) is 0.970. The van der Waals surface area contributed by atoms with E-state index in [2.05, 4.69) is 13.8 Å². The lowest BCUT2D eigenvalue weighted by Gasteiger charge is -2.26. The van der Waals surface area contributed by atoms with Gasteiger partial charge >= 0.3 is 0 Å². The van der Waals surface area contributed by atoms with E-state index in [0.717, 1.165) is 13.0 Å². The maximum absolute atomic E-state index is 5.49. The lowest BCUT2D eigenvalue weighted by atomic mass is 9.99. The summed E-state index contributed by atoms with van der Waals surface area (Å²) < 4.78 is 10.8. The maximum atomic E-state index is 5.49. The molecule has 0 aliphatic carbocycles. The third-order valence-corrected chi connectivity index (χ3v) is 2.02. The fourth-order valence-corrected chi connectivity index (χ4v) is 1.36. The van der Waals surface area contributed by atoms with Crippen molar-refractivity contribution in [1.82, 2.24) is 0 Å². The molecule has 2 nitrogen and oxygen atoms in total. The molecule has 2 saturated heterocycles. The maximum Gasteiger partial charge on any atom is 0.108 e. The summed E-state index contributed by atoms with van der Waals surface area (Å²) >= 11 is 0. The molecule has 2 atom stereocenters. The summed E-state index contributed by atoms with van der Waals surface area (Å²) in [4.78, 5) is 0. The minimum atomic E-state index is 0.0671. The van der Waals surface area contributed by atoms with Crippen molar-refractivity contribution in [2.45, 2.75) is 38.1 Å². The van der Waals surface area contributed by atoms with E-state index in [0.29, 0.717) is 12.2 Å². The molecule has 0 amide bonds. The van der Waals surface area contributed by atoms with Crippen molar-refractivity contribution < 1.29 is 9.47 Å². The second-order valence-corrected chi connectivity index (χ2v) is 3.49. The standard InChI is InChI=1S/C7H12O2/c1-7(2)3-5-6(9-5)4-8-7/h5-6H,3-4H2,1-2H3. The first kappa shape index (κ1) is 5.69. The van der Waals surface area contributed by atoms with Gasteiger partial charge in [-0.2, -0.15) is 0 Å². The van der Waals surface area contributed by atoms with Crippen LogP contribution in [-0.2, 0) is 9.47 Å². The van der Waals surface area contributed by atoms with Crippen LogP contribution in [-0.4, -0.2) is 24.4 Å². The van der Waals surface area contributed by atoms with E-state index in [-0.39, 0.29) is 5.60 Å². The summed E-state index contributed by atoms with van der Waals surface area (Å²) in [5, 5.41) is 0.